The van der Waals surface area contributed by atoms with Gasteiger partial charge in [0.1, 0.15) is 6.20 Å². The van der Waals surface area contributed by atoms with Gasteiger partial charge in [0, 0.05) is 0 Å². The summed E-state index contributed by atoms with van der Waals surface area (Å²) in [6, 6.07) is -2.37. The molecule has 0 aromatic rings. The highest BCUT2D eigenvalue weighted by Crippen LogP contribution is 2.36. The average molecular weight is 270 g/mol. The van der Waals surface area contributed by atoms with Crippen LogP contribution >= 0.6 is 0 Å². The minimum atomic E-state index is -4.94. The van der Waals surface area contributed by atoms with E-state index in [0.29, 0.717) is 6.08 Å². The van der Waals surface area contributed by atoms with Crippen LogP contribution in [0.25, 0.3) is 0 Å². The zero-order valence-electron chi connectivity index (χ0n) is 8.85. The van der Waals surface area contributed by atoms with E-state index >= 15 is 0 Å². The molecule has 0 amide bonds. The lowest BCUT2D eigenvalue weighted by Gasteiger charge is -2.35. The summed E-state index contributed by atoms with van der Waals surface area (Å²) in [7, 11) is -4.17. The van der Waals surface area contributed by atoms with Crippen LogP contribution in [0.3, 0.4) is 0 Å². The van der Waals surface area contributed by atoms with Crippen LogP contribution in [0.15, 0.2) is 36.6 Å². The summed E-state index contributed by atoms with van der Waals surface area (Å²) in [6.45, 7) is 3.31. The largest absolute Gasteiger partial charge is 0.447 e. The first-order valence-electron chi connectivity index (χ1n) is 4.46. The van der Waals surface area contributed by atoms with Crippen LogP contribution in [0.5, 0.6) is 0 Å². The molecule has 2 atom stereocenters. The van der Waals surface area contributed by atoms with Crippen LogP contribution in [-0.4, -0.2) is 36.1 Å². The molecule has 0 aromatic heterocycles. The van der Waals surface area contributed by atoms with Crippen LogP contribution in [-0.2, 0) is 10.3 Å². The lowest BCUT2D eigenvalue weighted by atomic mass is 10.1. The number of allylic oxidation sites excluding steroid dienone is 3. The summed E-state index contributed by atoms with van der Waals surface area (Å²) in [6.07, 6.45) is -0.999. The van der Waals surface area contributed by atoms with Crippen LogP contribution in [0, 0.1) is 0 Å². The Balaban J connectivity index is 3.41. The first-order chi connectivity index (χ1) is 7.52. The van der Waals surface area contributed by atoms with Crippen molar-refractivity contribution in [3.8, 4) is 0 Å². The second-order valence-corrected chi connectivity index (χ2v) is 5.36. The number of likely N-dealkylation sites (N-methyl/N-ethyl adjacent to an activating group) is 1. The molecule has 0 saturated heterocycles. The average Bonchev–Trinajstić information content (AvgIpc) is 2.15. The molecule has 1 aliphatic heterocycles. The fraction of sp³-hybridized carbons (Fsp3) is 0.333. The minimum absolute atomic E-state index is 0.145. The number of hydrogen-bond acceptors (Lipinski definition) is 2. The van der Waals surface area contributed by atoms with Gasteiger partial charge in [-0.1, -0.05) is 12.7 Å². The van der Waals surface area contributed by atoms with E-state index in [1.165, 1.54) is 6.08 Å². The summed E-state index contributed by atoms with van der Waals surface area (Å²) in [5, 5.41) is 0. The summed E-state index contributed by atoms with van der Waals surface area (Å²) < 4.78 is 67.8. The van der Waals surface area contributed by atoms with Crippen molar-refractivity contribution in [2.45, 2.75) is 12.2 Å². The highest BCUT2D eigenvalue weighted by molar-refractivity contribution is 7.80. The zero-order chi connectivity index (χ0) is 13.5. The maximum absolute atomic E-state index is 12.8. The van der Waals surface area contributed by atoms with Crippen molar-refractivity contribution >= 4 is 10.3 Å². The third kappa shape index (κ3) is 2.43. The molecule has 0 bridgehead atoms. The first kappa shape index (κ1) is 13.9. The van der Waals surface area contributed by atoms with E-state index in [1.54, 1.807) is 0 Å². The second kappa shape index (κ2) is 3.97. The summed E-state index contributed by atoms with van der Waals surface area (Å²) in [5.74, 6) is 0. The lowest BCUT2D eigenvalue weighted by Crippen LogP contribution is -2.58. The molecule has 0 aliphatic carbocycles. The van der Waals surface area contributed by atoms with Crippen molar-refractivity contribution in [1.82, 2.24) is 0 Å². The smallest absolute Gasteiger partial charge is 0.241 e. The second-order valence-electron chi connectivity index (χ2n) is 3.68. The SMILES string of the molecule is C=CC1=CC(C(F)(F)F)[N+](C)(S(=O)(=O)O)C=C1. The maximum Gasteiger partial charge on any atom is 0.447 e. The van der Waals surface area contributed by atoms with Crippen molar-refractivity contribution in [3.63, 3.8) is 0 Å². The number of quaternary nitrogens is 1. The third-order valence-electron chi connectivity index (χ3n) is 2.53. The molecule has 8 heteroatoms. The fourth-order valence-electron chi connectivity index (χ4n) is 1.45. The number of hydrogen-bond donors (Lipinski definition) is 1. The standard InChI is InChI=1S/C9H10F3NO3S/c1-3-7-4-5-13(2,17(14,15)16)8(6-7)9(10,11)12/h3-6,8H,1H2,2H3/p+1. The van der Waals surface area contributed by atoms with Crippen molar-refractivity contribution in [2.75, 3.05) is 7.05 Å². The minimum Gasteiger partial charge on any atom is -0.241 e. The lowest BCUT2D eigenvalue weighted by molar-refractivity contribution is -0.774. The maximum atomic E-state index is 12.8. The third-order valence-corrected chi connectivity index (χ3v) is 3.88. The summed E-state index contributed by atoms with van der Waals surface area (Å²) >= 11 is 0. The Labute approximate surface area is 96.8 Å². The molecule has 2 unspecified atom stereocenters. The molecule has 96 valence electrons. The molecule has 1 N–H and O–H groups in total. The monoisotopic (exact) mass is 270 g/mol. The van der Waals surface area contributed by atoms with Gasteiger partial charge in [0.2, 0.25) is 6.04 Å². The highest BCUT2D eigenvalue weighted by Gasteiger charge is 2.57. The molecular weight excluding hydrogens is 259 g/mol. The molecule has 0 aromatic carbocycles. The van der Waals surface area contributed by atoms with Gasteiger partial charge in [-0.15, -0.1) is 8.42 Å². The molecule has 1 aliphatic rings. The topological polar surface area (TPSA) is 54.4 Å². The highest BCUT2D eigenvalue weighted by atomic mass is 32.2. The van der Waals surface area contributed by atoms with E-state index in [9.17, 15) is 21.6 Å². The predicted octanol–water partition coefficient (Wildman–Crippen LogP) is 1.81. The molecule has 17 heavy (non-hydrogen) atoms. The number of nitrogens with zero attached hydrogens (tertiary/aromatic N) is 1. The Morgan fingerprint density at radius 2 is 2.06 bits per heavy atom. The molecule has 0 fully saturated rings. The predicted molar refractivity (Wildman–Crippen MR) is 55.0 cm³/mol. The van der Waals surface area contributed by atoms with Gasteiger partial charge in [0.05, 0.1) is 7.05 Å². The molecule has 0 spiro atoms. The Bertz CT molecular complexity index is 492. The Kier molecular flexibility index (Phi) is 3.25. The van der Waals surface area contributed by atoms with Gasteiger partial charge in [0.15, 0.2) is 0 Å². The van der Waals surface area contributed by atoms with Crippen molar-refractivity contribution < 1.29 is 30.0 Å². The summed E-state index contributed by atoms with van der Waals surface area (Å²) in [5.41, 5.74) is 0.145. The van der Waals surface area contributed by atoms with Crippen LogP contribution in [0.2, 0.25) is 0 Å². The van der Waals surface area contributed by atoms with Gasteiger partial charge in [-0.25, -0.2) is 4.55 Å². The molecule has 1 heterocycles. The quantitative estimate of drug-likeness (QED) is 0.615. The molecular formula is C9H11F3NO3S+. The fourth-order valence-corrected chi connectivity index (χ4v) is 2.14. The van der Waals surface area contributed by atoms with Gasteiger partial charge >= 0.3 is 16.5 Å². The number of alkyl halides is 3. The van der Waals surface area contributed by atoms with Crippen LogP contribution in [0.1, 0.15) is 0 Å². The Hall–Kier alpha value is -1.12. The summed E-state index contributed by atoms with van der Waals surface area (Å²) in [4.78, 5) is 0. The van der Waals surface area contributed by atoms with E-state index in [2.05, 4.69) is 6.58 Å². The van der Waals surface area contributed by atoms with Crippen LogP contribution < -0.4 is 0 Å². The van der Waals surface area contributed by atoms with Gasteiger partial charge in [-0.2, -0.15) is 17.1 Å². The van der Waals surface area contributed by atoms with E-state index in [4.69, 9.17) is 4.55 Å². The van der Waals surface area contributed by atoms with E-state index in [-0.39, 0.29) is 5.57 Å². The van der Waals surface area contributed by atoms with E-state index in [0.717, 1.165) is 19.3 Å². The van der Waals surface area contributed by atoms with E-state index < -0.39 is 26.4 Å². The van der Waals surface area contributed by atoms with Crippen LogP contribution in [0.4, 0.5) is 13.2 Å². The molecule has 0 radical (unpaired) electrons. The molecule has 1 rings (SSSR count). The van der Waals surface area contributed by atoms with Gasteiger partial charge in [-0.05, 0) is 17.7 Å². The van der Waals surface area contributed by atoms with Gasteiger partial charge in [0.25, 0.3) is 0 Å². The first-order valence-corrected chi connectivity index (χ1v) is 5.86. The molecule has 4 nitrogen and oxygen atoms in total. The number of rotatable bonds is 2. The van der Waals surface area contributed by atoms with Crippen molar-refractivity contribution in [2.24, 2.45) is 0 Å². The Morgan fingerprint density at radius 3 is 2.41 bits per heavy atom. The van der Waals surface area contributed by atoms with E-state index in [1.807, 2.05) is 0 Å². The normalized spacial score (nSPS) is 29.9. The van der Waals surface area contributed by atoms with Crippen molar-refractivity contribution in [3.05, 3.63) is 36.6 Å². The molecule has 0 saturated carbocycles. The van der Waals surface area contributed by atoms with Crippen molar-refractivity contribution in [1.29, 1.82) is 0 Å². The van der Waals surface area contributed by atoms with Gasteiger partial charge in [-0.3, -0.25) is 0 Å². The number of halogens is 3. The zero-order valence-corrected chi connectivity index (χ0v) is 9.66. The Morgan fingerprint density at radius 1 is 1.53 bits per heavy atom. The van der Waals surface area contributed by atoms with Gasteiger partial charge < -0.3 is 0 Å².